The second-order valence-corrected chi connectivity index (χ2v) is 8.78. The topological polar surface area (TPSA) is 66.8 Å². The van der Waals surface area contributed by atoms with Gasteiger partial charge in [0, 0.05) is 37.9 Å². The second-order valence-electron chi connectivity index (χ2n) is 8.78. The molecule has 0 saturated carbocycles. The standard InChI is InChI=1S/C27H23F2NO4/c28-17-9-10-22(24(29)15-17)25(31)27(33)11-13-30(14-12-27)26(32)34-16-23-20-7-3-1-5-18(20)19-6-2-4-8-21(19)23/h1-10,15,23,33H,11-14,16H2. The number of ketones is 1. The lowest BCUT2D eigenvalue weighted by atomic mass is 9.84. The Morgan fingerprint density at radius 2 is 1.53 bits per heavy atom. The molecule has 5 rings (SSSR count). The number of ether oxygens (including phenoxy) is 1. The number of rotatable bonds is 4. The SMILES string of the molecule is O=C(OCC1c2ccccc2-c2ccccc21)N1CCC(O)(C(=O)c2ccc(F)cc2F)CC1. The highest BCUT2D eigenvalue weighted by Gasteiger charge is 2.42. The van der Waals surface area contributed by atoms with Gasteiger partial charge < -0.3 is 14.7 Å². The Labute approximate surface area is 195 Å². The Balaban J connectivity index is 1.23. The molecule has 1 fully saturated rings. The van der Waals surface area contributed by atoms with Crippen LogP contribution in [-0.4, -0.2) is 47.2 Å². The van der Waals surface area contributed by atoms with E-state index in [-0.39, 0.29) is 44.0 Å². The van der Waals surface area contributed by atoms with E-state index in [0.717, 1.165) is 34.4 Å². The fourth-order valence-corrected chi connectivity index (χ4v) is 4.90. The Bertz CT molecular complexity index is 1220. The van der Waals surface area contributed by atoms with Crippen LogP contribution < -0.4 is 0 Å². The molecule has 1 saturated heterocycles. The zero-order chi connectivity index (χ0) is 23.9. The van der Waals surface area contributed by atoms with Crippen molar-refractivity contribution in [2.24, 2.45) is 0 Å². The number of nitrogens with zero attached hydrogens (tertiary/aromatic N) is 1. The maximum atomic E-state index is 14.0. The van der Waals surface area contributed by atoms with Crippen LogP contribution in [0.5, 0.6) is 0 Å². The molecular weight excluding hydrogens is 440 g/mol. The zero-order valence-corrected chi connectivity index (χ0v) is 18.3. The van der Waals surface area contributed by atoms with Crippen LogP contribution in [0.3, 0.4) is 0 Å². The van der Waals surface area contributed by atoms with Crippen molar-refractivity contribution in [1.82, 2.24) is 4.90 Å². The Hall–Kier alpha value is -3.58. The Kier molecular flexibility index (Phi) is 5.65. The first kappa shape index (κ1) is 22.2. The Morgan fingerprint density at radius 1 is 0.941 bits per heavy atom. The van der Waals surface area contributed by atoms with E-state index in [4.69, 9.17) is 4.74 Å². The summed E-state index contributed by atoms with van der Waals surface area (Å²) in [5.41, 5.74) is 2.30. The summed E-state index contributed by atoms with van der Waals surface area (Å²) in [6.07, 6.45) is -0.649. The van der Waals surface area contributed by atoms with Gasteiger partial charge in [0.2, 0.25) is 0 Å². The van der Waals surface area contributed by atoms with Crippen LogP contribution in [0.2, 0.25) is 0 Å². The first-order chi connectivity index (χ1) is 16.4. The van der Waals surface area contributed by atoms with Gasteiger partial charge in [-0.3, -0.25) is 4.79 Å². The van der Waals surface area contributed by atoms with Gasteiger partial charge in [-0.1, -0.05) is 48.5 Å². The molecule has 1 amide bonds. The van der Waals surface area contributed by atoms with Gasteiger partial charge in [0.25, 0.3) is 0 Å². The maximum Gasteiger partial charge on any atom is 0.409 e. The number of hydrogen-bond donors (Lipinski definition) is 1. The van der Waals surface area contributed by atoms with E-state index in [1.165, 1.54) is 4.90 Å². The van der Waals surface area contributed by atoms with Crippen molar-refractivity contribution < 1.29 is 28.2 Å². The highest BCUT2D eigenvalue weighted by Crippen LogP contribution is 2.44. The molecule has 2 aliphatic rings. The summed E-state index contributed by atoms with van der Waals surface area (Å²) in [6.45, 7) is 0.344. The number of aliphatic hydroxyl groups is 1. The second kappa shape index (κ2) is 8.65. The van der Waals surface area contributed by atoms with Gasteiger partial charge in [-0.15, -0.1) is 0 Å². The molecular formula is C27H23F2NO4. The predicted molar refractivity (Wildman–Crippen MR) is 122 cm³/mol. The van der Waals surface area contributed by atoms with Crippen molar-refractivity contribution in [3.05, 3.63) is 95.1 Å². The van der Waals surface area contributed by atoms with Crippen LogP contribution in [0.1, 0.15) is 40.2 Å². The van der Waals surface area contributed by atoms with Crippen molar-refractivity contribution in [3.8, 4) is 11.1 Å². The van der Waals surface area contributed by atoms with Crippen LogP contribution in [0, 0.1) is 11.6 Å². The van der Waals surface area contributed by atoms with Crippen molar-refractivity contribution in [1.29, 1.82) is 0 Å². The van der Waals surface area contributed by atoms with E-state index in [1.54, 1.807) is 0 Å². The van der Waals surface area contributed by atoms with Gasteiger partial charge in [0.1, 0.15) is 23.8 Å². The molecule has 0 bridgehead atoms. The molecule has 0 spiro atoms. The molecule has 3 aromatic rings. The minimum atomic E-state index is -1.82. The number of carbonyl (C=O) groups excluding carboxylic acids is 2. The number of amides is 1. The summed E-state index contributed by atoms with van der Waals surface area (Å²) in [4.78, 5) is 26.9. The van der Waals surface area contributed by atoms with E-state index in [9.17, 15) is 23.5 Å². The van der Waals surface area contributed by atoms with E-state index < -0.39 is 29.1 Å². The van der Waals surface area contributed by atoms with Gasteiger partial charge in [-0.2, -0.15) is 0 Å². The van der Waals surface area contributed by atoms with E-state index in [0.29, 0.717) is 6.07 Å². The number of Topliss-reactive ketones (excluding diaryl/α,β-unsaturated/α-hetero) is 1. The molecule has 1 aliphatic heterocycles. The van der Waals surface area contributed by atoms with Crippen molar-refractivity contribution in [2.45, 2.75) is 24.4 Å². The number of carbonyl (C=O) groups is 2. The average molecular weight is 463 g/mol. The van der Waals surface area contributed by atoms with Gasteiger partial charge in [0.05, 0.1) is 5.56 Å². The Morgan fingerprint density at radius 3 is 2.12 bits per heavy atom. The largest absolute Gasteiger partial charge is 0.448 e. The minimum Gasteiger partial charge on any atom is -0.448 e. The number of fused-ring (bicyclic) bond motifs is 3. The normalized spacial score (nSPS) is 16.6. The van der Waals surface area contributed by atoms with Crippen LogP contribution in [0.25, 0.3) is 11.1 Å². The van der Waals surface area contributed by atoms with Crippen LogP contribution in [-0.2, 0) is 4.74 Å². The van der Waals surface area contributed by atoms with Crippen molar-refractivity contribution >= 4 is 11.9 Å². The van der Waals surface area contributed by atoms with Gasteiger partial charge in [0.15, 0.2) is 5.78 Å². The maximum absolute atomic E-state index is 14.0. The summed E-state index contributed by atoms with van der Waals surface area (Å²) in [7, 11) is 0. The smallest absolute Gasteiger partial charge is 0.409 e. The molecule has 0 atom stereocenters. The van der Waals surface area contributed by atoms with Crippen LogP contribution in [0.4, 0.5) is 13.6 Å². The third-order valence-electron chi connectivity index (χ3n) is 6.78. The summed E-state index contributed by atoms with van der Waals surface area (Å²) in [6, 6.07) is 18.7. The number of likely N-dealkylation sites (tertiary alicyclic amines) is 1. The summed E-state index contributed by atoms with van der Waals surface area (Å²) < 4.78 is 32.8. The van der Waals surface area contributed by atoms with Gasteiger partial charge in [-0.05, 0) is 34.4 Å². The number of piperidine rings is 1. The molecule has 3 aromatic carbocycles. The molecule has 1 N–H and O–H groups in total. The molecule has 0 unspecified atom stereocenters. The first-order valence-electron chi connectivity index (χ1n) is 11.2. The molecule has 0 aromatic heterocycles. The molecule has 7 heteroatoms. The molecule has 174 valence electrons. The molecule has 0 radical (unpaired) electrons. The molecule has 1 heterocycles. The number of benzene rings is 3. The summed E-state index contributed by atoms with van der Waals surface area (Å²) in [5, 5.41) is 10.8. The fraction of sp³-hybridized carbons (Fsp3) is 0.259. The first-order valence-corrected chi connectivity index (χ1v) is 11.2. The summed E-state index contributed by atoms with van der Waals surface area (Å²) >= 11 is 0. The lowest BCUT2D eigenvalue weighted by Crippen LogP contribution is -2.51. The monoisotopic (exact) mass is 463 g/mol. The van der Waals surface area contributed by atoms with E-state index in [1.807, 2.05) is 36.4 Å². The lowest BCUT2D eigenvalue weighted by Gasteiger charge is -2.36. The third-order valence-corrected chi connectivity index (χ3v) is 6.78. The van der Waals surface area contributed by atoms with Crippen molar-refractivity contribution in [3.63, 3.8) is 0 Å². The van der Waals surface area contributed by atoms with Gasteiger partial charge in [-0.25, -0.2) is 13.6 Å². The average Bonchev–Trinajstić information content (AvgIpc) is 3.16. The zero-order valence-electron chi connectivity index (χ0n) is 18.3. The highest BCUT2D eigenvalue weighted by atomic mass is 19.1. The van der Waals surface area contributed by atoms with Crippen molar-refractivity contribution in [2.75, 3.05) is 19.7 Å². The summed E-state index contributed by atoms with van der Waals surface area (Å²) in [5.74, 6) is -2.69. The fourth-order valence-electron chi connectivity index (χ4n) is 4.90. The number of halogens is 2. The lowest BCUT2D eigenvalue weighted by molar-refractivity contribution is -0.00746. The van der Waals surface area contributed by atoms with Gasteiger partial charge >= 0.3 is 6.09 Å². The van der Waals surface area contributed by atoms with Crippen LogP contribution in [0.15, 0.2) is 66.7 Å². The molecule has 1 aliphatic carbocycles. The van der Waals surface area contributed by atoms with E-state index in [2.05, 4.69) is 12.1 Å². The number of hydrogen-bond acceptors (Lipinski definition) is 4. The van der Waals surface area contributed by atoms with Crippen LogP contribution >= 0.6 is 0 Å². The molecule has 34 heavy (non-hydrogen) atoms. The minimum absolute atomic E-state index is 0.0627. The highest BCUT2D eigenvalue weighted by molar-refractivity contribution is 6.02. The quantitative estimate of drug-likeness (QED) is 0.558. The van der Waals surface area contributed by atoms with E-state index >= 15 is 0 Å². The predicted octanol–water partition coefficient (Wildman–Crippen LogP) is 4.92. The third kappa shape index (κ3) is 3.86. The molecule has 5 nitrogen and oxygen atoms in total.